The Hall–Kier alpha value is -3.49. The third-order valence-electron chi connectivity index (χ3n) is 8.37. The van der Waals surface area contributed by atoms with Crippen LogP contribution in [0.15, 0.2) is 66.8 Å². The maximum atomic E-state index is 14.4. The van der Waals surface area contributed by atoms with E-state index in [4.69, 9.17) is 9.47 Å². The Bertz CT molecular complexity index is 1350. The van der Waals surface area contributed by atoms with E-state index in [0.29, 0.717) is 12.1 Å². The first-order chi connectivity index (χ1) is 17.8. The van der Waals surface area contributed by atoms with E-state index in [1.807, 2.05) is 55.5 Å². The number of anilines is 1. The Morgan fingerprint density at radius 1 is 1.03 bits per heavy atom. The van der Waals surface area contributed by atoms with E-state index in [0.717, 1.165) is 10.8 Å². The number of aliphatic hydroxyl groups is 1. The third kappa shape index (κ3) is 3.32. The quantitative estimate of drug-likeness (QED) is 0.510. The van der Waals surface area contributed by atoms with Crippen LogP contribution in [-0.4, -0.2) is 70.8 Å². The minimum absolute atomic E-state index is 0.105. The minimum atomic E-state index is -1.37. The second kappa shape index (κ2) is 8.53. The maximum absolute atomic E-state index is 14.4. The molecule has 6 rings (SSSR count). The Balaban J connectivity index is 1.50. The zero-order valence-corrected chi connectivity index (χ0v) is 20.9. The summed E-state index contributed by atoms with van der Waals surface area (Å²) in [5, 5.41) is 12.3. The molecule has 6 atom stereocenters. The Morgan fingerprint density at radius 2 is 1.81 bits per heavy atom. The molecule has 0 aromatic heterocycles. The Morgan fingerprint density at radius 3 is 2.57 bits per heavy atom. The SMILES string of the molecule is CC[C@@H](CO)N1C(=O)[C@@H]2[C@H]3C(=O)OCC=C[C@@]3(C)O[C@@]23C=CCN(c2ccc4ccccc4c2)C(=O)C13. The van der Waals surface area contributed by atoms with Crippen molar-refractivity contribution in [1.82, 2.24) is 4.90 Å². The van der Waals surface area contributed by atoms with E-state index in [1.54, 1.807) is 30.1 Å². The second-order valence-corrected chi connectivity index (χ2v) is 10.4. The van der Waals surface area contributed by atoms with Crippen LogP contribution in [-0.2, 0) is 23.9 Å². The van der Waals surface area contributed by atoms with Gasteiger partial charge in [-0.25, -0.2) is 0 Å². The van der Waals surface area contributed by atoms with Crippen molar-refractivity contribution in [2.75, 3.05) is 24.7 Å². The molecule has 1 spiro atoms. The summed E-state index contributed by atoms with van der Waals surface area (Å²) in [7, 11) is 0. The number of amides is 2. The fraction of sp³-hybridized carbons (Fsp3) is 0.414. The number of rotatable bonds is 4. The molecule has 4 aliphatic rings. The highest BCUT2D eigenvalue weighted by Crippen LogP contribution is 2.57. The smallest absolute Gasteiger partial charge is 0.313 e. The number of carbonyl (C=O) groups is 3. The number of carbonyl (C=O) groups excluding carboxylic acids is 3. The van der Waals surface area contributed by atoms with Crippen LogP contribution in [0.4, 0.5) is 5.69 Å². The highest BCUT2D eigenvalue weighted by molar-refractivity contribution is 6.06. The van der Waals surface area contributed by atoms with Gasteiger partial charge in [-0.05, 0) is 42.3 Å². The highest BCUT2D eigenvalue weighted by Gasteiger charge is 2.75. The van der Waals surface area contributed by atoms with Gasteiger partial charge in [0.1, 0.15) is 24.2 Å². The van der Waals surface area contributed by atoms with E-state index < -0.39 is 41.1 Å². The molecule has 1 unspecified atom stereocenters. The molecule has 0 saturated carbocycles. The summed E-state index contributed by atoms with van der Waals surface area (Å²) in [5.41, 5.74) is -1.78. The van der Waals surface area contributed by atoms with Crippen molar-refractivity contribution < 1.29 is 29.0 Å². The average Bonchev–Trinajstić information content (AvgIpc) is 3.15. The van der Waals surface area contributed by atoms with E-state index in [1.165, 1.54) is 4.90 Å². The van der Waals surface area contributed by atoms with Gasteiger partial charge in [-0.2, -0.15) is 0 Å². The number of likely N-dealkylation sites (tertiary alicyclic amines) is 1. The van der Waals surface area contributed by atoms with E-state index in [-0.39, 0.29) is 31.6 Å². The van der Waals surface area contributed by atoms with Gasteiger partial charge >= 0.3 is 5.97 Å². The van der Waals surface area contributed by atoms with E-state index in [9.17, 15) is 19.5 Å². The normalized spacial score (nSPS) is 33.6. The molecule has 4 heterocycles. The molecule has 8 nitrogen and oxygen atoms in total. The lowest BCUT2D eigenvalue weighted by Crippen LogP contribution is -2.58. The van der Waals surface area contributed by atoms with Crippen molar-refractivity contribution in [3.05, 3.63) is 66.8 Å². The molecule has 37 heavy (non-hydrogen) atoms. The van der Waals surface area contributed by atoms with Crippen molar-refractivity contribution in [3.8, 4) is 0 Å². The standard InChI is InChI=1S/C29H30N2O6/c1-3-20(17-32)31-24-26(34)30(21-11-10-18-8-4-5-9-19(18)16-21)14-6-13-29(24)22(25(31)33)23-27(35)36-15-7-12-28(23,2)37-29/h4-13,16,20,22-24,32H,3,14-15,17H2,1-2H3/t20-,22-,23-,24?,28+,29-/m0/s1. The number of fused-ring (bicyclic) bond motifs is 3. The van der Waals surface area contributed by atoms with Gasteiger partial charge in [0.05, 0.1) is 24.2 Å². The summed E-state index contributed by atoms with van der Waals surface area (Å²) in [6.45, 7) is 3.72. The number of ether oxygens (including phenoxy) is 2. The number of aliphatic hydroxyl groups excluding tert-OH is 1. The fourth-order valence-electron chi connectivity index (χ4n) is 6.68. The largest absolute Gasteiger partial charge is 0.461 e. The molecular weight excluding hydrogens is 472 g/mol. The van der Waals surface area contributed by atoms with Crippen molar-refractivity contribution in [3.63, 3.8) is 0 Å². The summed E-state index contributed by atoms with van der Waals surface area (Å²) in [6.07, 6.45) is 7.59. The zero-order valence-electron chi connectivity index (χ0n) is 20.9. The number of esters is 1. The summed E-state index contributed by atoms with van der Waals surface area (Å²) in [6, 6.07) is 12.1. The van der Waals surface area contributed by atoms with Crippen molar-refractivity contribution in [2.45, 2.75) is 43.6 Å². The first-order valence-electron chi connectivity index (χ1n) is 12.8. The van der Waals surface area contributed by atoms with E-state index >= 15 is 0 Å². The zero-order chi connectivity index (χ0) is 25.9. The monoisotopic (exact) mass is 502 g/mol. The van der Waals surface area contributed by atoms with Gasteiger partial charge in [0, 0.05) is 12.2 Å². The summed E-state index contributed by atoms with van der Waals surface area (Å²) < 4.78 is 12.1. The fourth-order valence-corrected chi connectivity index (χ4v) is 6.68. The lowest BCUT2D eigenvalue weighted by atomic mass is 9.75. The molecule has 2 amide bonds. The minimum Gasteiger partial charge on any atom is -0.461 e. The van der Waals surface area contributed by atoms with Crippen LogP contribution in [0.25, 0.3) is 10.8 Å². The second-order valence-electron chi connectivity index (χ2n) is 10.4. The molecule has 2 aromatic carbocycles. The molecule has 2 fully saturated rings. The van der Waals surface area contributed by atoms with Crippen LogP contribution in [0.5, 0.6) is 0 Å². The van der Waals surface area contributed by atoms with Crippen LogP contribution >= 0.6 is 0 Å². The first-order valence-corrected chi connectivity index (χ1v) is 12.8. The van der Waals surface area contributed by atoms with Crippen molar-refractivity contribution in [2.24, 2.45) is 11.8 Å². The molecule has 2 aromatic rings. The number of hydrogen-bond donors (Lipinski definition) is 1. The predicted molar refractivity (Wildman–Crippen MR) is 137 cm³/mol. The van der Waals surface area contributed by atoms with Crippen LogP contribution in [0.3, 0.4) is 0 Å². The molecule has 0 bridgehead atoms. The molecule has 2 saturated heterocycles. The lowest BCUT2D eigenvalue weighted by molar-refractivity contribution is -0.157. The van der Waals surface area contributed by atoms with Gasteiger partial charge in [-0.3, -0.25) is 14.4 Å². The number of cyclic esters (lactones) is 1. The van der Waals surface area contributed by atoms with Gasteiger partial charge in [-0.1, -0.05) is 55.5 Å². The van der Waals surface area contributed by atoms with Gasteiger partial charge in [0.25, 0.3) is 5.91 Å². The van der Waals surface area contributed by atoms with Crippen LogP contribution < -0.4 is 4.90 Å². The van der Waals surface area contributed by atoms with Crippen LogP contribution in [0.2, 0.25) is 0 Å². The summed E-state index contributed by atoms with van der Waals surface area (Å²) >= 11 is 0. The number of hydrogen-bond acceptors (Lipinski definition) is 6. The molecule has 0 radical (unpaired) electrons. The van der Waals surface area contributed by atoms with Crippen LogP contribution in [0.1, 0.15) is 20.3 Å². The van der Waals surface area contributed by atoms with Gasteiger partial charge in [0.15, 0.2) is 0 Å². The van der Waals surface area contributed by atoms with Gasteiger partial charge < -0.3 is 24.4 Å². The number of benzene rings is 2. The Labute approximate surface area is 215 Å². The molecule has 192 valence electrons. The number of nitrogens with zero attached hydrogens (tertiary/aromatic N) is 2. The molecule has 4 aliphatic heterocycles. The topological polar surface area (TPSA) is 96.4 Å². The van der Waals surface area contributed by atoms with Crippen molar-refractivity contribution >= 4 is 34.2 Å². The highest BCUT2D eigenvalue weighted by atomic mass is 16.6. The van der Waals surface area contributed by atoms with Crippen LogP contribution in [0, 0.1) is 11.8 Å². The maximum Gasteiger partial charge on any atom is 0.313 e. The summed E-state index contributed by atoms with van der Waals surface area (Å²) in [5.74, 6) is -3.05. The van der Waals surface area contributed by atoms with E-state index in [2.05, 4.69) is 0 Å². The lowest BCUT2D eigenvalue weighted by Gasteiger charge is -2.39. The summed E-state index contributed by atoms with van der Waals surface area (Å²) in [4.78, 5) is 44.9. The molecule has 1 N–H and O–H groups in total. The predicted octanol–water partition coefficient (Wildman–Crippen LogP) is 2.60. The molecule has 0 aliphatic carbocycles. The molecule has 8 heteroatoms. The van der Waals surface area contributed by atoms with Gasteiger partial charge in [0.2, 0.25) is 5.91 Å². The third-order valence-corrected chi connectivity index (χ3v) is 8.37. The molecular formula is C29H30N2O6. The Kier molecular flexibility index (Phi) is 5.51. The average molecular weight is 503 g/mol. The van der Waals surface area contributed by atoms with Gasteiger partial charge in [-0.15, -0.1) is 0 Å². The first kappa shape index (κ1) is 23.9. The van der Waals surface area contributed by atoms with Crippen molar-refractivity contribution in [1.29, 1.82) is 0 Å².